The number of benzene rings is 1. The van der Waals surface area contributed by atoms with Gasteiger partial charge in [-0.05, 0) is 38.8 Å². The number of rotatable bonds is 3. The van der Waals surface area contributed by atoms with Crippen LogP contribution in [0.2, 0.25) is 0 Å². The molecule has 9 heteroatoms. The monoisotopic (exact) mass is 417 g/mol. The van der Waals surface area contributed by atoms with Crippen LogP contribution in [0.3, 0.4) is 0 Å². The lowest BCUT2D eigenvalue weighted by molar-refractivity contribution is -0.133. The van der Waals surface area contributed by atoms with Crippen LogP contribution in [0.5, 0.6) is 5.75 Å². The Kier molecular flexibility index (Phi) is 4.91. The highest BCUT2D eigenvalue weighted by Gasteiger charge is 2.33. The van der Waals surface area contributed by atoms with Gasteiger partial charge in [0.1, 0.15) is 5.82 Å². The number of pyridine rings is 1. The Hall–Kier alpha value is -3.10. The maximum Gasteiger partial charge on any atom is 0.511 e. The normalized spacial score (nSPS) is 21.7. The Bertz CT molecular complexity index is 1080. The van der Waals surface area contributed by atoms with E-state index in [1.165, 1.54) is 13.1 Å². The van der Waals surface area contributed by atoms with E-state index in [0.29, 0.717) is 24.3 Å². The molecule has 0 radical (unpaired) electrons. The summed E-state index contributed by atoms with van der Waals surface area (Å²) in [6.07, 6.45) is 1.60. The van der Waals surface area contributed by atoms with Crippen molar-refractivity contribution in [1.29, 1.82) is 0 Å². The number of amides is 1. The van der Waals surface area contributed by atoms with Crippen LogP contribution in [0.25, 0.3) is 10.9 Å². The molecule has 1 aliphatic heterocycles. The molecule has 1 aliphatic carbocycles. The minimum absolute atomic E-state index is 0.0119. The smallest absolute Gasteiger partial charge is 0.449 e. The van der Waals surface area contributed by atoms with Crippen molar-refractivity contribution in [3.05, 3.63) is 34.4 Å². The summed E-state index contributed by atoms with van der Waals surface area (Å²) in [5.41, 5.74) is 0.258. The summed E-state index contributed by atoms with van der Waals surface area (Å²) in [6.45, 7) is 6.34. The van der Waals surface area contributed by atoms with E-state index in [2.05, 4.69) is 4.74 Å². The van der Waals surface area contributed by atoms with Crippen LogP contribution >= 0.6 is 0 Å². The fraction of sp³-hybridized carbons (Fsp3) is 0.476. The fourth-order valence-corrected chi connectivity index (χ4v) is 4.54. The molecule has 2 unspecified atom stereocenters. The summed E-state index contributed by atoms with van der Waals surface area (Å²) in [6, 6.07) is 2.76. The molecule has 8 nitrogen and oxygen atoms in total. The predicted octanol–water partition coefficient (Wildman–Crippen LogP) is 2.98. The summed E-state index contributed by atoms with van der Waals surface area (Å²) in [5.74, 6) is -0.904. The first-order valence-electron chi connectivity index (χ1n) is 10.0. The maximum absolute atomic E-state index is 15.1. The molecule has 1 saturated carbocycles. The van der Waals surface area contributed by atoms with Crippen molar-refractivity contribution in [2.75, 3.05) is 18.0 Å². The first kappa shape index (κ1) is 20.2. The zero-order chi connectivity index (χ0) is 21.7. The van der Waals surface area contributed by atoms with E-state index in [1.807, 2.05) is 18.7 Å². The molecule has 1 saturated heterocycles. The van der Waals surface area contributed by atoms with Crippen molar-refractivity contribution < 1.29 is 23.8 Å². The van der Waals surface area contributed by atoms with Gasteiger partial charge in [0, 0.05) is 38.1 Å². The van der Waals surface area contributed by atoms with E-state index in [0.717, 1.165) is 18.9 Å². The second-order valence-electron chi connectivity index (χ2n) is 8.18. The fourth-order valence-electron chi connectivity index (χ4n) is 4.54. The highest BCUT2D eigenvalue weighted by atomic mass is 19.1. The quantitative estimate of drug-likeness (QED) is 0.772. The summed E-state index contributed by atoms with van der Waals surface area (Å²) >= 11 is 0. The van der Waals surface area contributed by atoms with Gasteiger partial charge in [0.05, 0.1) is 22.8 Å². The van der Waals surface area contributed by atoms with Gasteiger partial charge in [-0.2, -0.15) is 0 Å². The first-order valence-corrected chi connectivity index (χ1v) is 10.0. The summed E-state index contributed by atoms with van der Waals surface area (Å²) in [4.78, 5) is 39.2. The minimum atomic E-state index is -1.59. The van der Waals surface area contributed by atoms with Gasteiger partial charge in [-0.1, -0.05) is 0 Å². The van der Waals surface area contributed by atoms with Gasteiger partial charge in [0.25, 0.3) is 0 Å². The van der Waals surface area contributed by atoms with E-state index in [4.69, 9.17) is 5.11 Å². The van der Waals surface area contributed by atoms with Crippen molar-refractivity contribution in [3.8, 4) is 5.75 Å². The van der Waals surface area contributed by atoms with E-state index in [9.17, 15) is 14.4 Å². The molecular formula is C21H24FN3O5. The zero-order valence-electron chi connectivity index (χ0n) is 17.1. The lowest BCUT2D eigenvalue weighted by Crippen LogP contribution is -2.58. The van der Waals surface area contributed by atoms with Gasteiger partial charge in [0.2, 0.25) is 11.3 Å². The molecule has 1 amide bonds. The van der Waals surface area contributed by atoms with E-state index < -0.39 is 17.4 Å². The molecule has 2 atom stereocenters. The molecule has 0 bridgehead atoms. The second-order valence-corrected chi connectivity index (χ2v) is 8.18. The van der Waals surface area contributed by atoms with E-state index in [-0.39, 0.29) is 35.2 Å². The Morgan fingerprint density at radius 1 is 1.17 bits per heavy atom. The number of aromatic nitrogens is 1. The molecule has 30 heavy (non-hydrogen) atoms. The average Bonchev–Trinajstić information content (AvgIpc) is 3.47. The topological polar surface area (TPSA) is 92.1 Å². The van der Waals surface area contributed by atoms with Crippen molar-refractivity contribution in [2.24, 2.45) is 0 Å². The van der Waals surface area contributed by atoms with Crippen LogP contribution in [-0.4, -0.2) is 51.8 Å². The van der Waals surface area contributed by atoms with E-state index in [1.54, 1.807) is 15.5 Å². The molecular weight excluding hydrogens is 393 g/mol. The van der Waals surface area contributed by atoms with Crippen LogP contribution < -0.4 is 15.1 Å². The number of anilines is 1. The number of carbonyl (C=O) groups is 2. The number of ether oxygens (including phenoxy) is 1. The minimum Gasteiger partial charge on any atom is -0.449 e. The molecule has 1 N–H and O–H groups in total. The summed E-state index contributed by atoms with van der Waals surface area (Å²) in [7, 11) is 0. The molecule has 2 aromatic rings. The Morgan fingerprint density at radius 3 is 2.33 bits per heavy atom. The van der Waals surface area contributed by atoms with Gasteiger partial charge in [0.15, 0.2) is 5.75 Å². The third-order valence-electron chi connectivity index (χ3n) is 5.83. The highest BCUT2D eigenvalue weighted by molar-refractivity contribution is 5.85. The number of halogens is 1. The third-order valence-corrected chi connectivity index (χ3v) is 5.83. The Balaban J connectivity index is 1.80. The molecule has 2 fully saturated rings. The number of hydrogen-bond donors (Lipinski definition) is 1. The standard InChI is InChI=1S/C21H24FN3O5/c1-11-8-23(9-12(2)25(11)13(3)26)18-7-17-15(6-16(18)22)20(27)19(30-21(28)29)10-24(17)14-4-5-14/h6-7,10-12,14H,4-5,8-9H2,1-3H3,(H,28,29). The zero-order valence-corrected chi connectivity index (χ0v) is 17.1. The van der Waals surface area contributed by atoms with Crippen LogP contribution in [0, 0.1) is 5.82 Å². The molecule has 0 spiro atoms. The number of carboxylic acid groups (broad SMARTS) is 1. The molecule has 2 aliphatic rings. The van der Waals surface area contributed by atoms with Gasteiger partial charge >= 0.3 is 6.16 Å². The van der Waals surface area contributed by atoms with Gasteiger partial charge < -0.3 is 24.2 Å². The maximum atomic E-state index is 15.1. The Labute approximate surface area is 172 Å². The van der Waals surface area contributed by atoms with E-state index >= 15 is 4.39 Å². The lowest BCUT2D eigenvalue weighted by Gasteiger charge is -2.45. The Morgan fingerprint density at radius 2 is 1.80 bits per heavy atom. The van der Waals surface area contributed by atoms with Crippen LogP contribution in [-0.2, 0) is 4.79 Å². The predicted molar refractivity (Wildman–Crippen MR) is 109 cm³/mol. The summed E-state index contributed by atoms with van der Waals surface area (Å²) in [5, 5.41) is 9.00. The number of piperazine rings is 1. The van der Waals surface area contributed by atoms with Crippen molar-refractivity contribution in [1.82, 2.24) is 9.47 Å². The number of carbonyl (C=O) groups excluding carboxylic acids is 1. The third kappa shape index (κ3) is 3.48. The van der Waals surface area contributed by atoms with Crippen LogP contribution in [0.15, 0.2) is 23.1 Å². The number of fused-ring (bicyclic) bond motifs is 1. The largest absolute Gasteiger partial charge is 0.511 e. The van der Waals surface area contributed by atoms with Gasteiger partial charge in [-0.3, -0.25) is 9.59 Å². The van der Waals surface area contributed by atoms with Gasteiger partial charge in [-0.25, -0.2) is 9.18 Å². The van der Waals surface area contributed by atoms with Crippen molar-refractivity contribution >= 4 is 28.7 Å². The van der Waals surface area contributed by atoms with Crippen LogP contribution in [0.4, 0.5) is 14.9 Å². The van der Waals surface area contributed by atoms with Crippen LogP contribution in [0.1, 0.15) is 39.7 Å². The molecule has 160 valence electrons. The first-order chi connectivity index (χ1) is 14.2. The number of nitrogens with zero attached hydrogens (tertiary/aromatic N) is 3. The summed E-state index contributed by atoms with van der Waals surface area (Å²) < 4.78 is 21.5. The number of hydrogen-bond acceptors (Lipinski definition) is 5. The average molecular weight is 417 g/mol. The van der Waals surface area contributed by atoms with Crippen molar-refractivity contribution in [2.45, 2.75) is 51.7 Å². The lowest BCUT2D eigenvalue weighted by atomic mass is 10.1. The molecule has 4 rings (SSSR count). The van der Waals surface area contributed by atoms with Gasteiger partial charge in [-0.15, -0.1) is 0 Å². The molecule has 2 heterocycles. The van der Waals surface area contributed by atoms with Crippen molar-refractivity contribution in [3.63, 3.8) is 0 Å². The SMILES string of the molecule is CC(=O)N1C(C)CN(c2cc3c(cc2F)c(=O)c(OC(=O)O)cn3C2CC2)CC1C. The second kappa shape index (κ2) is 7.30. The highest BCUT2D eigenvalue weighted by Crippen LogP contribution is 2.39. The molecule has 1 aromatic heterocycles. The molecule has 1 aromatic carbocycles.